The summed E-state index contributed by atoms with van der Waals surface area (Å²) in [6, 6.07) is 17.9. The van der Waals surface area contributed by atoms with E-state index < -0.39 is 23.6 Å². The summed E-state index contributed by atoms with van der Waals surface area (Å²) in [5, 5.41) is 20.5. The number of carboxylic acids is 1. The van der Waals surface area contributed by atoms with E-state index in [1.807, 2.05) is 55.5 Å². The minimum absolute atomic E-state index is 0.0655. The molecule has 0 aliphatic carbocycles. The zero-order valence-corrected chi connectivity index (χ0v) is 16.5. The number of carboxylic acid groups (broad SMARTS) is 1. The van der Waals surface area contributed by atoms with Crippen molar-refractivity contribution >= 4 is 25.4 Å². The molecule has 0 unspecified atom stereocenters. The first kappa shape index (κ1) is 19.1. The van der Waals surface area contributed by atoms with Gasteiger partial charge >= 0.3 is 160 Å². The fourth-order valence-electron chi connectivity index (χ4n) is 3.36. The monoisotopic (exact) mass is 420 g/mol. The number of benzene rings is 2. The third-order valence-corrected chi connectivity index (χ3v) is 7.63. The molecule has 1 aliphatic heterocycles. The van der Waals surface area contributed by atoms with Crippen molar-refractivity contribution in [3.63, 3.8) is 0 Å². The maximum absolute atomic E-state index is 11.5. The molecular formula is C21H24O4Se. The quantitative estimate of drug-likeness (QED) is 0.678. The summed E-state index contributed by atoms with van der Waals surface area (Å²) in [4.78, 5) is 11.5. The summed E-state index contributed by atoms with van der Waals surface area (Å²) in [5.74, 6) is -1.26. The second kappa shape index (κ2) is 8.36. The maximum atomic E-state index is 11.5. The third-order valence-electron chi connectivity index (χ3n) is 4.91. The van der Waals surface area contributed by atoms with Crippen LogP contribution in [0.5, 0.6) is 0 Å². The van der Waals surface area contributed by atoms with Gasteiger partial charge in [0.1, 0.15) is 0 Å². The van der Waals surface area contributed by atoms with Crippen LogP contribution in [0.2, 0.25) is 5.32 Å². The van der Waals surface area contributed by atoms with Crippen LogP contribution in [-0.2, 0) is 15.1 Å². The van der Waals surface area contributed by atoms with E-state index in [1.165, 1.54) is 0 Å². The molecule has 26 heavy (non-hydrogen) atoms. The van der Waals surface area contributed by atoms with Gasteiger partial charge in [-0.3, -0.25) is 0 Å². The van der Waals surface area contributed by atoms with E-state index in [1.54, 1.807) is 0 Å². The van der Waals surface area contributed by atoms with Gasteiger partial charge in [0.25, 0.3) is 0 Å². The van der Waals surface area contributed by atoms with Crippen LogP contribution in [0.3, 0.4) is 0 Å². The van der Waals surface area contributed by atoms with Gasteiger partial charge in [-0.15, -0.1) is 0 Å². The normalized spacial score (nSPS) is 23.7. The Morgan fingerprint density at radius 3 is 2.58 bits per heavy atom. The van der Waals surface area contributed by atoms with Gasteiger partial charge in [0.05, 0.1) is 0 Å². The first-order valence-electron chi connectivity index (χ1n) is 8.88. The Morgan fingerprint density at radius 1 is 1.23 bits per heavy atom. The number of hydrogen-bond acceptors (Lipinski definition) is 3. The van der Waals surface area contributed by atoms with Crippen molar-refractivity contribution in [2.75, 3.05) is 6.61 Å². The molecule has 1 heterocycles. The van der Waals surface area contributed by atoms with Gasteiger partial charge in [-0.2, -0.15) is 0 Å². The summed E-state index contributed by atoms with van der Waals surface area (Å²) < 4.78 is 7.28. The molecule has 0 amide bonds. The van der Waals surface area contributed by atoms with Gasteiger partial charge in [0.15, 0.2) is 0 Å². The SMILES string of the molecule is CC[C@H](O)c1ccccc1[Se]C[C@]1(c2ccccc2)C[C@H](C(=O)O)CO1. The molecule has 2 aromatic rings. The van der Waals surface area contributed by atoms with E-state index in [-0.39, 0.29) is 21.6 Å². The Labute approximate surface area is 160 Å². The Morgan fingerprint density at radius 2 is 1.92 bits per heavy atom. The fraction of sp³-hybridized carbons (Fsp3) is 0.381. The molecule has 2 N–H and O–H groups in total. The summed E-state index contributed by atoms with van der Waals surface area (Å²) in [7, 11) is 0. The van der Waals surface area contributed by atoms with Gasteiger partial charge in [0.2, 0.25) is 0 Å². The number of aliphatic hydroxyl groups is 1. The second-order valence-electron chi connectivity index (χ2n) is 6.66. The van der Waals surface area contributed by atoms with Gasteiger partial charge < -0.3 is 0 Å². The molecule has 0 saturated carbocycles. The minimum atomic E-state index is -0.794. The van der Waals surface area contributed by atoms with Crippen LogP contribution in [0.15, 0.2) is 54.6 Å². The van der Waals surface area contributed by atoms with Crippen LogP contribution in [0, 0.1) is 5.92 Å². The summed E-state index contributed by atoms with van der Waals surface area (Å²) in [6.45, 7) is 2.22. The van der Waals surface area contributed by atoms with Crippen LogP contribution >= 0.6 is 0 Å². The molecule has 1 aliphatic rings. The van der Waals surface area contributed by atoms with Crippen LogP contribution in [0.4, 0.5) is 0 Å². The number of rotatable bonds is 7. The Hall–Kier alpha value is -1.65. The van der Waals surface area contributed by atoms with E-state index in [2.05, 4.69) is 6.07 Å². The van der Waals surface area contributed by atoms with Crippen molar-refractivity contribution in [3.05, 3.63) is 65.7 Å². The predicted molar refractivity (Wildman–Crippen MR) is 102 cm³/mol. The topological polar surface area (TPSA) is 66.8 Å². The summed E-state index contributed by atoms with van der Waals surface area (Å²) in [6.07, 6.45) is 0.707. The molecule has 1 fully saturated rings. The molecule has 0 radical (unpaired) electrons. The zero-order valence-electron chi connectivity index (χ0n) is 14.8. The average molecular weight is 419 g/mol. The second-order valence-corrected chi connectivity index (χ2v) is 8.80. The Kier molecular flexibility index (Phi) is 6.15. The van der Waals surface area contributed by atoms with Gasteiger partial charge in [-0.1, -0.05) is 0 Å². The summed E-state index contributed by atoms with van der Waals surface area (Å²) >= 11 is 0.0655. The van der Waals surface area contributed by atoms with Gasteiger partial charge in [-0.25, -0.2) is 0 Å². The van der Waals surface area contributed by atoms with Crippen molar-refractivity contribution in [2.24, 2.45) is 5.92 Å². The van der Waals surface area contributed by atoms with Crippen LogP contribution in [0.25, 0.3) is 0 Å². The number of aliphatic hydroxyl groups excluding tert-OH is 1. The zero-order chi connectivity index (χ0) is 18.6. The van der Waals surface area contributed by atoms with Crippen molar-refractivity contribution in [1.82, 2.24) is 0 Å². The molecular weight excluding hydrogens is 395 g/mol. The molecule has 4 nitrogen and oxygen atoms in total. The van der Waals surface area contributed by atoms with E-state index in [0.717, 1.165) is 20.9 Å². The Bertz CT molecular complexity index is 749. The Balaban J connectivity index is 1.86. The molecule has 138 valence electrons. The van der Waals surface area contributed by atoms with E-state index in [9.17, 15) is 15.0 Å². The third kappa shape index (κ3) is 4.02. The van der Waals surface area contributed by atoms with Crippen LogP contribution in [-0.4, -0.2) is 37.7 Å². The molecule has 2 aromatic carbocycles. The van der Waals surface area contributed by atoms with E-state index in [4.69, 9.17) is 4.74 Å². The number of aliphatic carboxylic acids is 1. The molecule has 3 atom stereocenters. The average Bonchev–Trinajstić information content (AvgIpc) is 3.13. The number of carbonyl (C=O) groups is 1. The van der Waals surface area contributed by atoms with Crippen molar-refractivity contribution in [2.45, 2.75) is 36.8 Å². The summed E-state index contributed by atoms with van der Waals surface area (Å²) in [5.41, 5.74) is 1.46. The molecule has 0 aromatic heterocycles. The molecule has 3 rings (SSSR count). The predicted octanol–water partition coefficient (Wildman–Crippen LogP) is 2.89. The van der Waals surface area contributed by atoms with E-state index >= 15 is 0 Å². The van der Waals surface area contributed by atoms with Crippen molar-refractivity contribution in [3.8, 4) is 0 Å². The standard InChI is InChI=1S/C21H24O4Se/c1-2-18(22)17-10-6-7-11-19(17)26-14-21(16-8-4-3-5-9-16)12-15(13-25-21)20(23)24/h3-11,15,18,22H,2,12-14H2,1H3,(H,23,24)/t15-,18-,21-/m0/s1. The van der Waals surface area contributed by atoms with Crippen LogP contribution < -0.4 is 4.46 Å². The fourth-order valence-corrected chi connectivity index (χ4v) is 6.09. The molecule has 0 bridgehead atoms. The number of hydrogen-bond donors (Lipinski definition) is 2. The molecule has 0 spiro atoms. The van der Waals surface area contributed by atoms with Crippen molar-refractivity contribution < 1.29 is 19.7 Å². The molecule has 1 saturated heterocycles. The van der Waals surface area contributed by atoms with Crippen molar-refractivity contribution in [1.29, 1.82) is 0 Å². The van der Waals surface area contributed by atoms with Gasteiger partial charge in [0, 0.05) is 0 Å². The number of ether oxygens (including phenoxy) is 1. The van der Waals surface area contributed by atoms with E-state index in [0.29, 0.717) is 12.8 Å². The first-order valence-corrected chi connectivity index (χ1v) is 10.9. The van der Waals surface area contributed by atoms with Crippen LogP contribution in [0.1, 0.15) is 37.0 Å². The van der Waals surface area contributed by atoms with Gasteiger partial charge in [-0.05, 0) is 0 Å². The first-order chi connectivity index (χ1) is 12.6. The molecule has 5 heteroatoms.